The monoisotopic (exact) mass is 472 g/mol. The van der Waals surface area contributed by atoms with Crippen molar-refractivity contribution in [3.05, 3.63) is 101 Å². The van der Waals surface area contributed by atoms with Crippen LogP contribution in [0.1, 0.15) is 27.4 Å². The maximum atomic E-state index is 12.4. The van der Waals surface area contributed by atoms with Crippen molar-refractivity contribution in [2.75, 3.05) is 11.9 Å². The van der Waals surface area contributed by atoms with Gasteiger partial charge in [0.1, 0.15) is 23.9 Å². The zero-order valence-electron chi connectivity index (χ0n) is 19.3. The minimum absolute atomic E-state index is 0.301. The third-order valence-electron chi connectivity index (χ3n) is 5.12. The van der Waals surface area contributed by atoms with Crippen LogP contribution >= 0.6 is 0 Å². The minimum atomic E-state index is -0.619. The summed E-state index contributed by atoms with van der Waals surface area (Å²) in [5.74, 6) is 1.29. The fourth-order valence-corrected chi connectivity index (χ4v) is 3.23. The van der Waals surface area contributed by atoms with Gasteiger partial charge < -0.3 is 24.1 Å². The van der Waals surface area contributed by atoms with Gasteiger partial charge in [0.05, 0.1) is 22.5 Å². The predicted molar refractivity (Wildman–Crippen MR) is 129 cm³/mol. The van der Waals surface area contributed by atoms with E-state index in [2.05, 4.69) is 10.5 Å². The van der Waals surface area contributed by atoms with Crippen molar-refractivity contribution in [2.24, 2.45) is 0 Å². The number of aromatic nitrogens is 1. The van der Waals surface area contributed by atoms with Gasteiger partial charge in [-0.05, 0) is 62.4 Å². The highest BCUT2D eigenvalue weighted by Crippen LogP contribution is 2.29. The highest BCUT2D eigenvalue weighted by molar-refractivity contribution is 5.96. The number of benzene rings is 3. The normalized spacial score (nSPS) is 10.5. The number of nitrogens with zero attached hydrogens (tertiary/aromatic N) is 1. The Labute approximate surface area is 202 Å². The van der Waals surface area contributed by atoms with Gasteiger partial charge in [0, 0.05) is 0 Å². The van der Waals surface area contributed by atoms with Crippen LogP contribution in [0, 0.1) is 13.8 Å². The standard InChI is InChI=1S/C27H24N2O6/c1-18-23(19(2)35-29-18)16-32-21-14-12-20(13-15-21)27(31)33-17-26(30)28-24-10-6-7-11-25(24)34-22-8-4-3-5-9-22/h3-15H,16-17H2,1-2H3,(H,28,30). The lowest BCUT2D eigenvalue weighted by molar-refractivity contribution is -0.119. The van der Waals surface area contributed by atoms with Crippen LogP contribution in [0.15, 0.2) is 83.4 Å². The van der Waals surface area contributed by atoms with Crippen LogP contribution in [0.3, 0.4) is 0 Å². The van der Waals surface area contributed by atoms with Gasteiger partial charge in [-0.1, -0.05) is 35.5 Å². The fraction of sp³-hybridized carbons (Fsp3) is 0.148. The quantitative estimate of drug-likeness (QED) is 0.323. The SMILES string of the molecule is Cc1noc(C)c1COc1ccc(C(=O)OCC(=O)Nc2ccccc2Oc2ccccc2)cc1. The van der Waals surface area contributed by atoms with Crippen LogP contribution in [0.25, 0.3) is 0 Å². The summed E-state index contributed by atoms with van der Waals surface area (Å²) < 4.78 is 21.8. The summed E-state index contributed by atoms with van der Waals surface area (Å²) in [6, 6.07) is 22.7. The zero-order valence-corrected chi connectivity index (χ0v) is 19.3. The molecule has 0 aliphatic carbocycles. The van der Waals surface area contributed by atoms with Gasteiger partial charge in [-0.15, -0.1) is 0 Å². The lowest BCUT2D eigenvalue weighted by atomic mass is 10.2. The van der Waals surface area contributed by atoms with Crippen LogP contribution in [-0.4, -0.2) is 23.6 Å². The van der Waals surface area contributed by atoms with E-state index in [0.717, 1.165) is 11.3 Å². The predicted octanol–water partition coefficient (Wildman–Crippen LogP) is 5.46. The van der Waals surface area contributed by atoms with Crippen molar-refractivity contribution in [2.45, 2.75) is 20.5 Å². The van der Waals surface area contributed by atoms with Crippen LogP contribution in [0.2, 0.25) is 0 Å². The maximum absolute atomic E-state index is 12.4. The molecule has 0 saturated carbocycles. The average Bonchev–Trinajstić information content (AvgIpc) is 3.20. The molecule has 1 amide bonds. The van der Waals surface area contributed by atoms with E-state index in [1.165, 1.54) is 0 Å². The number of rotatable bonds is 9. The lowest BCUT2D eigenvalue weighted by Gasteiger charge is -2.12. The topological polar surface area (TPSA) is 99.9 Å². The van der Waals surface area contributed by atoms with Crippen LogP contribution in [0.5, 0.6) is 17.2 Å². The molecule has 0 radical (unpaired) electrons. The second-order valence-corrected chi connectivity index (χ2v) is 7.65. The number of para-hydroxylation sites is 3. The first kappa shape index (κ1) is 23.6. The summed E-state index contributed by atoms with van der Waals surface area (Å²) in [6.07, 6.45) is 0. The number of carbonyl (C=O) groups excluding carboxylic acids is 2. The third-order valence-corrected chi connectivity index (χ3v) is 5.12. The molecular weight excluding hydrogens is 448 g/mol. The summed E-state index contributed by atoms with van der Waals surface area (Å²) in [4.78, 5) is 24.7. The second-order valence-electron chi connectivity index (χ2n) is 7.65. The van der Waals surface area contributed by atoms with Crippen molar-refractivity contribution in [3.63, 3.8) is 0 Å². The molecule has 1 heterocycles. The molecule has 0 spiro atoms. The number of hydrogen-bond acceptors (Lipinski definition) is 7. The molecule has 35 heavy (non-hydrogen) atoms. The number of hydrogen-bond donors (Lipinski definition) is 1. The van der Waals surface area contributed by atoms with Crippen LogP contribution < -0.4 is 14.8 Å². The average molecular weight is 472 g/mol. The first-order valence-electron chi connectivity index (χ1n) is 10.9. The van der Waals surface area contributed by atoms with E-state index in [1.807, 2.05) is 44.2 Å². The smallest absolute Gasteiger partial charge is 0.338 e. The molecule has 1 aromatic heterocycles. The first-order chi connectivity index (χ1) is 17.0. The fourth-order valence-electron chi connectivity index (χ4n) is 3.23. The largest absolute Gasteiger partial charge is 0.489 e. The molecule has 8 nitrogen and oxygen atoms in total. The number of nitrogens with one attached hydrogen (secondary N) is 1. The highest BCUT2D eigenvalue weighted by atomic mass is 16.5. The Hall–Kier alpha value is -4.59. The van der Waals surface area contributed by atoms with E-state index >= 15 is 0 Å². The molecular formula is C27H24N2O6. The molecule has 0 aliphatic heterocycles. The number of ether oxygens (including phenoxy) is 3. The number of aryl methyl sites for hydroxylation is 2. The molecule has 178 valence electrons. The third kappa shape index (κ3) is 6.26. The highest BCUT2D eigenvalue weighted by Gasteiger charge is 2.14. The van der Waals surface area contributed by atoms with Gasteiger partial charge >= 0.3 is 5.97 Å². The summed E-state index contributed by atoms with van der Waals surface area (Å²) >= 11 is 0. The van der Waals surface area contributed by atoms with Crippen LogP contribution in [0.4, 0.5) is 5.69 Å². The van der Waals surface area contributed by atoms with Gasteiger partial charge in [0.15, 0.2) is 12.4 Å². The molecule has 0 saturated heterocycles. The zero-order chi connectivity index (χ0) is 24.6. The molecule has 0 unspecified atom stereocenters. The Morgan fingerprint density at radius 3 is 2.31 bits per heavy atom. The number of carbonyl (C=O) groups is 2. The van der Waals surface area contributed by atoms with Crippen molar-refractivity contribution in [1.82, 2.24) is 5.16 Å². The van der Waals surface area contributed by atoms with Crippen molar-refractivity contribution < 1.29 is 28.3 Å². The maximum Gasteiger partial charge on any atom is 0.338 e. The van der Waals surface area contributed by atoms with Gasteiger partial charge in [-0.3, -0.25) is 4.79 Å². The Morgan fingerprint density at radius 2 is 1.60 bits per heavy atom. The molecule has 4 rings (SSSR count). The summed E-state index contributed by atoms with van der Waals surface area (Å²) in [6.45, 7) is 3.53. The van der Waals surface area contributed by atoms with Gasteiger partial charge in [-0.2, -0.15) is 0 Å². The lowest BCUT2D eigenvalue weighted by Crippen LogP contribution is -2.21. The molecule has 3 aromatic carbocycles. The molecule has 0 aliphatic rings. The van der Waals surface area contributed by atoms with E-state index in [0.29, 0.717) is 40.9 Å². The first-order valence-corrected chi connectivity index (χ1v) is 10.9. The Kier molecular flexibility index (Phi) is 7.42. The van der Waals surface area contributed by atoms with Crippen molar-refractivity contribution in [1.29, 1.82) is 0 Å². The minimum Gasteiger partial charge on any atom is -0.489 e. The second kappa shape index (κ2) is 11.0. The number of esters is 1. The van der Waals surface area contributed by atoms with E-state index in [1.54, 1.807) is 48.5 Å². The molecule has 0 atom stereocenters. The van der Waals surface area contributed by atoms with Gasteiger partial charge in [-0.25, -0.2) is 4.79 Å². The van der Waals surface area contributed by atoms with Crippen LogP contribution in [-0.2, 0) is 16.1 Å². The Bertz CT molecular complexity index is 1280. The molecule has 4 aromatic rings. The van der Waals surface area contributed by atoms with E-state index in [-0.39, 0.29) is 0 Å². The van der Waals surface area contributed by atoms with Gasteiger partial charge in [0.2, 0.25) is 0 Å². The van der Waals surface area contributed by atoms with E-state index in [4.69, 9.17) is 18.7 Å². The van der Waals surface area contributed by atoms with Crippen molar-refractivity contribution >= 4 is 17.6 Å². The molecule has 1 N–H and O–H groups in total. The summed E-state index contributed by atoms with van der Waals surface area (Å²) in [5, 5.41) is 6.61. The Morgan fingerprint density at radius 1 is 0.886 bits per heavy atom. The van der Waals surface area contributed by atoms with E-state index in [9.17, 15) is 9.59 Å². The number of amides is 1. The number of anilines is 1. The summed E-state index contributed by atoms with van der Waals surface area (Å²) in [7, 11) is 0. The Balaban J connectivity index is 1.28. The van der Waals surface area contributed by atoms with Crippen molar-refractivity contribution in [3.8, 4) is 17.2 Å². The molecule has 8 heteroatoms. The summed E-state index contributed by atoms with van der Waals surface area (Å²) in [5.41, 5.74) is 2.43. The van der Waals surface area contributed by atoms with E-state index < -0.39 is 18.5 Å². The van der Waals surface area contributed by atoms with Gasteiger partial charge in [0.25, 0.3) is 5.91 Å². The molecule has 0 bridgehead atoms. The molecule has 0 fully saturated rings.